The van der Waals surface area contributed by atoms with E-state index in [4.69, 9.17) is 4.74 Å². The van der Waals surface area contributed by atoms with Crippen LogP contribution >= 0.6 is 0 Å². The number of benzene rings is 2. The van der Waals surface area contributed by atoms with Crippen molar-refractivity contribution in [2.24, 2.45) is 0 Å². The molecule has 0 amide bonds. The van der Waals surface area contributed by atoms with E-state index in [-0.39, 0.29) is 12.0 Å². The number of rotatable bonds is 4. The van der Waals surface area contributed by atoms with Crippen LogP contribution in [-0.2, 0) is 16.1 Å². The fourth-order valence-corrected chi connectivity index (χ4v) is 3.02. The molecule has 118 valence electrons. The third-order valence-corrected chi connectivity index (χ3v) is 4.25. The van der Waals surface area contributed by atoms with E-state index in [0.29, 0.717) is 6.42 Å². The zero-order chi connectivity index (χ0) is 16.1. The highest BCUT2D eigenvalue weighted by Crippen LogP contribution is 2.26. The average molecular weight is 307 g/mol. The largest absolute Gasteiger partial charge is 0.468 e. The molecule has 0 spiro atoms. The van der Waals surface area contributed by atoms with Gasteiger partial charge in [0.05, 0.1) is 7.11 Å². The Labute approximate surface area is 137 Å². The number of hydrogen-bond donors (Lipinski definition) is 0. The minimum Gasteiger partial charge on any atom is -0.468 e. The highest BCUT2D eigenvalue weighted by atomic mass is 16.5. The molecule has 0 saturated heterocycles. The molecule has 1 aliphatic heterocycles. The predicted molar refractivity (Wildman–Crippen MR) is 91.7 cm³/mol. The lowest BCUT2D eigenvalue weighted by Crippen LogP contribution is -2.44. The highest BCUT2D eigenvalue weighted by molar-refractivity contribution is 5.78. The molecule has 1 heterocycles. The summed E-state index contributed by atoms with van der Waals surface area (Å²) in [5, 5.41) is 0. The Bertz CT molecular complexity index is 679. The Balaban J connectivity index is 1.84. The quantitative estimate of drug-likeness (QED) is 0.810. The zero-order valence-corrected chi connectivity index (χ0v) is 13.3. The van der Waals surface area contributed by atoms with E-state index >= 15 is 0 Å². The van der Waals surface area contributed by atoms with Gasteiger partial charge in [-0.2, -0.15) is 0 Å². The highest BCUT2D eigenvalue weighted by Gasteiger charge is 2.30. The van der Waals surface area contributed by atoms with Gasteiger partial charge >= 0.3 is 5.97 Å². The van der Waals surface area contributed by atoms with Gasteiger partial charge in [-0.3, -0.25) is 9.69 Å². The fraction of sp³-hybridized carbons (Fsp3) is 0.250. The molecule has 0 bridgehead atoms. The molecule has 0 radical (unpaired) electrons. The zero-order valence-electron chi connectivity index (χ0n) is 13.3. The van der Waals surface area contributed by atoms with Gasteiger partial charge in [0.1, 0.15) is 6.04 Å². The van der Waals surface area contributed by atoms with Crippen LogP contribution in [0.5, 0.6) is 0 Å². The van der Waals surface area contributed by atoms with Gasteiger partial charge in [0.25, 0.3) is 0 Å². The normalized spacial score (nSPS) is 18.3. The fourth-order valence-electron chi connectivity index (χ4n) is 3.02. The Hall–Kier alpha value is -2.39. The Morgan fingerprint density at radius 3 is 2.39 bits per heavy atom. The van der Waals surface area contributed by atoms with Gasteiger partial charge in [-0.05, 0) is 23.1 Å². The van der Waals surface area contributed by atoms with Crippen molar-refractivity contribution in [3.05, 3.63) is 77.9 Å². The molecule has 3 nitrogen and oxygen atoms in total. The number of carbonyl (C=O) groups excluding carboxylic acids is 1. The minimum atomic E-state index is -0.215. The van der Waals surface area contributed by atoms with Crippen LogP contribution in [0.1, 0.15) is 17.5 Å². The molecular formula is C20H21NO2. The number of nitrogens with zero attached hydrogens (tertiary/aromatic N) is 1. The minimum absolute atomic E-state index is 0.163. The monoisotopic (exact) mass is 307 g/mol. The molecule has 0 aromatic heterocycles. The van der Waals surface area contributed by atoms with Crippen LogP contribution in [0.15, 0.2) is 66.7 Å². The van der Waals surface area contributed by atoms with Crippen molar-refractivity contribution in [2.45, 2.75) is 19.0 Å². The predicted octanol–water partition coefficient (Wildman–Crippen LogP) is 3.52. The van der Waals surface area contributed by atoms with Crippen molar-refractivity contribution >= 4 is 11.5 Å². The van der Waals surface area contributed by atoms with Crippen LogP contribution in [0.2, 0.25) is 0 Å². The summed E-state index contributed by atoms with van der Waals surface area (Å²) in [6.07, 6.45) is 2.85. The molecule has 0 N–H and O–H groups in total. The maximum Gasteiger partial charge on any atom is 0.323 e. The van der Waals surface area contributed by atoms with Crippen LogP contribution in [0.25, 0.3) is 5.57 Å². The number of ether oxygens (including phenoxy) is 1. The number of methoxy groups -OCH3 is 1. The first kappa shape index (κ1) is 15.5. The third-order valence-electron chi connectivity index (χ3n) is 4.25. The van der Waals surface area contributed by atoms with Crippen LogP contribution in [0.3, 0.4) is 0 Å². The second kappa shape index (κ2) is 7.25. The van der Waals surface area contributed by atoms with Gasteiger partial charge in [-0.15, -0.1) is 0 Å². The molecule has 0 unspecified atom stereocenters. The molecule has 2 aromatic rings. The Morgan fingerprint density at radius 2 is 1.74 bits per heavy atom. The molecule has 1 atom stereocenters. The smallest absolute Gasteiger partial charge is 0.323 e. The Kier molecular flexibility index (Phi) is 4.89. The second-order valence-corrected chi connectivity index (χ2v) is 5.76. The molecule has 3 heteroatoms. The van der Waals surface area contributed by atoms with Crippen molar-refractivity contribution in [1.29, 1.82) is 0 Å². The van der Waals surface area contributed by atoms with Gasteiger partial charge in [-0.25, -0.2) is 0 Å². The lowest BCUT2D eigenvalue weighted by molar-refractivity contribution is -0.147. The van der Waals surface area contributed by atoms with Crippen LogP contribution < -0.4 is 0 Å². The third kappa shape index (κ3) is 3.69. The average Bonchev–Trinajstić information content (AvgIpc) is 2.62. The van der Waals surface area contributed by atoms with E-state index < -0.39 is 0 Å². The SMILES string of the molecule is COC(=O)[C@H]1CC=C(c2ccccc2)CN1Cc1ccccc1. The lowest BCUT2D eigenvalue weighted by Gasteiger charge is -2.34. The van der Waals surface area contributed by atoms with Crippen molar-refractivity contribution in [3.63, 3.8) is 0 Å². The van der Waals surface area contributed by atoms with E-state index in [1.165, 1.54) is 23.8 Å². The summed E-state index contributed by atoms with van der Waals surface area (Å²) in [5.74, 6) is -0.163. The molecular weight excluding hydrogens is 286 g/mol. The van der Waals surface area contributed by atoms with Crippen LogP contribution in [0.4, 0.5) is 0 Å². The number of esters is 1. The first-order valence-corrected chi connectivity index (χ1v) is 7.88. The van der Waals surface area contributed by atoms with Crippen LogP contribution in [0, 0.1) is 0 Å². The van der Waals surface area contributed by atoms with Gasteiger partial charge in [0.2, 0.25) is 0 Å². The molecule has 0 saturated carbocycles. The van der Waals surface area contributed by atoms with E-state index in [2.05, 4.69) is 35.2 Å². The van der Waals surface area contributed by atoms with E-state index in [1.807, 2.05) is 36.4 Å². The number of hydrogen-bond acceptors (Lipinski definition) is 3. The summed E-state index contributed by atoms with van der Waals surface area (Å²) in [4.78, 5) is 14.3. The summed E-state index contributed by atoms with van der Waals surface area (Å²) in [5.41, 5.74) is 3.69. The molecule has 0 aliphatic carbocycles. The van der Waals surface area contributed by atoms with Gasteiger partial charge in [-0.1, -0.05) is 66.7 Å². The summed E-state index contributed by atoms with van der Waals surface area (Å²) in [7, 11) is 1.46. The Morgan fingerprint density at radius 1 is 1.09 bits per heavy atom. The van der Waals surface area contributed by atoms with Gasteiger partial charge < -0.3 is 4.74 Å². The topological polar surface area (TPSA) is 29.5 Å². The first-order valence-electron chi connectivity index (χ1n) is 7.88. The summed E-state index contributed by atoms with van der Waals surface area (Å²) < 4.78 is 4.99. The summed E-state index contributed by atoms with van der Waals surface area (Å²) in [6, 6.07) is 20.4. The molecule has 2 aromatic carbocycles. The van der Waals surface area contributed by atoms with Crippen molar-refractivity contribution in [1.82, 2.24) is 4.90 Å². The van der Waals surface area contributed by atoms with E-state index in [1.54, 1.807) is 0 Å². The molecule has 3 rings (SSSR count). The molecule has 23 heavy (non-hydrogen) atoms. The standard InChI is InChI=1S/C20H21NO2/c1-23-20(22)19-13-12-18(17-10-6-3-7-11-17)15-21(19)14-16-8-4-2-5-9-16/h2-12,19H,13-15H2,1H3/t19-/m1/s1. The first-order chi connectivity index (χ1) is 11.3. The van der Waals surface area contributed by atoms with Gasteiger partial charge in [0, 0.05) is 13.1 Å². The maximum atomic E-state index is 12.1. The second-order valence-electron chi connectivity index (χ2n) is 5.76. The van der Waals surface area contributed by atoms with Crippen molar-refractivity contribution in [2.75, 3.05) is 13.7 Å². The summed E-state index contributed by atoms with van der Waals surface area (Å²) >= 11 is 0. The van der Waals surface area contributed by atoms with E-state index in [0.717, 1.165) is 13.1 Å². The number of carbonyl (C=O) groups is 1. The summed E-state index contributed by atoms with van der Waals surface area (Å²) in [6.45, 7) is 1.49. The molecule has 1 aliphatic rings. The molecule has 0 fully saturated rings. The lowest BCUT2D eigenvalue weighted by atomic mass is 9.96. The van der Waals surface area contributed by atoms with Gasteiger partial charge in [0.15, 0.2) is 0 Å². The van der Waals surface area contributed by atoms with E-state index in [9.17, 15) is 4.79 Å². The van der Waals surface area contributed by atoms with Crippen molar-refractivity contribution < 1.29 is 9.53 Å². The maximum absolute atomic E-state index is 12.1. The van der Waals surface area contributed by atoms with Crippen LogP contribution in [-0.4, -0.2) is 30.6 Å². The van der Waals surface area contributed by atoms with Crippen molar-refractivity contribution in [3.8, 4) is 0 Å².